The van der Waals surface area contributed by atoms with Crippen molar-refractivity contribution in [2.24, 2.45) is 0 Å². The monoisotopic (exact) mass is 257 g/mol. The van der Waals surface area contributed by atoms with E-state index >= 15 is 0 Å². The molecule has 0 radical (unpaired) electrons. The third kappa shape index (κ3) is 5.92. The summed E-state index contributed by atoms with van der Waals surface area (Å²) in [6.07, 6.45) is 1.66. The van der Waals surface area contributed by atoms with Gasteiger partial charge in [0.2, 0.25) is 0 Å². The van der Waals surface area contributed by atoms with Crippen LogP contribution in [-0.4, -0.2) is 24.6 Å². The summed E-state index contributed by atoms with van der Waals surface area (Å²) < 4.78 is 5.04. The smallest absolute Gasteiger partial charge is 0.407 e. The standard InChI is InChI=1S/C11H15NO2S2/c1-15-16-8-7-12-11(13)14-9-10-5-3-2-4-6-10/h2-6H,7-9H2,1H3,(H,12,13). The highest BCUT2D eigenvalue weighted by molar-refractivity contribution is 8.76. The number of carbonyl (C=O) groups excluding carboxylic acids is 1. The minimum absolute atomic E-state index is 0.322. The van der Waals surface area contributed by atoms with Crippen LogP contribution in [0.4, 0.5) is 4.79 Å². The molecule has 1 aromatic carbocycles. The van der Waals surface area contributed by atoms with Crippen molar-refractivity contribution in [2.75, 3.05) is 18.6 Å². The maximum absolute atomic E-state index is 11.2. The van der Waals surface area contributed by atoms with Crippen LogP contribution in [0.1, 0.15) is 5.56 Å². The lowest BCUT2D eigenvalue weighted by molar-refractivity contribution is 0.140. The minimum Gasteiger partial charge on any atom is -0.445 e. The Morgan fingerprint density at radius 1 is 1.38 bits per heavy atom. The highest BCUT2D eigenvalue weighted by atomic mass is 33.1. The molecule has 16 heavy (non-hydrogen) atoms. The molecule has 3 nitrogen and oxygen atoms in total. The molecule has 1 N–H and O–H groups in total. The Hall–Kier alpha value is -0.810. The van der Waals surface area contributed by atoms with E-state index in [1.165, 1.54) is 0 Å². The minimum atomic E-state index is -0.356. The van der Waals surface area contributed by atoms with Crippen molar-refractivity contribution in [1.82, 2.24) is 5.32 Å². The second kappa shape index (κ2) is 8.35. The van der Waals surface area contributed by atoms with Crippen LogP contribution in [0.25, 0.3) is 0 Å². The van der Waals surface area contributed by atoms with Crippen molar-refractivity contribution in [2.45, 2.75) is 6.61 Å². The van der Waals surface area contributed by atoms with E-state index in [2.05, 4.69) is 5.32 Å². The van der Waals surface area contributed by atoms with Gasteiger partial charge < -0.3 is 10.1 Å². The van der Waals surface area contributed by atoms with Gasteiger partial charge in [-0.3, -0.25) is 0 Å². The summed E-state index contributed by atoms with van der Waals surface area (Å²) in [5.74, 6) is 0.890. The second-order valence-corrected chi connectivity index (χ2v) is 5.66. The molecular formula is C11H15NO2S2. The molecule has 1 aromatic rings. The predicted octanol–water partition coefficient (Wildman–Crippen LogP) is 2.92. The van der Waals surface area contributed by atoms with Crippen LogP contribution in [0.2, 0.25) is 0 Å². The molecule has 0 aliphatic heterocycles. The Kier molecular flexibility index (Phi) is 6.92. The van der Waals surface area contributed by atoms with E-state index in [1.54, 1.807) is 21.6 Å². The molecule has 0 saturated carbocycles. The first-order chi connectivity index (χ1) is 7.83. The average molecular weight is 257 g/mol. The molecule has 0 fully saturated rings. The van der Waals surface area contributed by atoms with Crippen LogP contribution < -0.4 is 5.32 Å². The topological polar surface area (TPSA) is 38.3 Å². The molecule has 0 atom stereocenters. The first kappa shape index (κ1) is 13.3. The molecule has 5 heteroatoms. The lowest BCUT2D eigenvalue weighted by atomic mass is 10.2. The Morgan fingerprint density at radius 3 is 2.81 bits per heavy atom. The number of carbonyl (C=O) groups is 1. The lowest BCUT2D eigenvalue weighted by Gasteiger charge is -2.06. The molecule has 0 aliphatic carbocycles. The average Bonchev–Trinajstić information content (AvgIpc) is 2.33. The van der Waals surface area contributed by atoms with Crippen LogP contribution in [0.3, 0.4) is 0 Å². The fourth-order valence-electron chi connectivity index (χ4n) is 1.05. The fourth-order valence-corrected chi connectivity index (χ4v) is 2.15. The molecule has 0 unspecified atom stereocenters. The van der Waals surface area contributed by atoms with Crippen LogP contribution in [0.15, 0.2) is 30.3 Å². The maximum Gasteiger partial charge on any atom is 0.407 e. The van der Waals surface area contributed by atoms with E-state index in [1.807, 2.05) is 36.6 Å². The van der Waals surface area contributed by atoms with Gasteiger partial charge in [0.15, 0.2) is 0 Å². The summed E-state index contributed by atoms with van der Waals surface area (Å²) in [6.45, 7) is 0.960. The van der Waals surface area contributed by atoms with E-state index in [-0.39, 0.29) is 6.09 Å². The molecule has 0 spiro atoms. The second-order valence-electron chi connectivity index (χ2n) is 2.98. The Balaban J connectivity index is 2.11. The Morgan fingerprint density at radius 2 is 2.12 bits per heavy atom. The number of hydrogen-bond donors (Lipinski definition) is 1. The van der Waals surface area contributed by atoms with Crippen LogP contribution in [0.5, 0.6) is 0 Å². The van der Waals surface area contributed by atoms with Crippen molar-refractivity contribution in [1.29, 1.82) is 0 Å². The summed E-state index contributed by atoms with van der Waals surface area (Å²) >= 11 is 0. The fraction of sp³-hybridized carbons (Fsp3) is 0.364. The molecule has 88 valence electrons. The lowest BCUT2D eigenvalue weighted by Crippen LogP contribution is -2.26. The highest BCUT2D eigenvalue weighted by Gasteiger charge is 2.00. The number of nitrogens with one attached hydrogen (secondary N) is 1. The van der Waals surface area contributed by atoms with Crippen LogP contribution in [-0.2, 0) is 11.3 Å². The molecule has 0 aliphatic rings. The maximum atomic E-state index is 11.2. The van der Waals surface area contributed by atoms with Crippen LogP contribution >= 0.6 is 21.6 Å². The van der Waals surface area contributed by atoms with Gasteiger partial charge in [0.25, 0.3) is 0 Å². The third-order valence-electron chi connectivity index (χ3n) is 1.79. The van der Waals surface area contributed by atoms with Crippen molar-refractivity contribution in [3.8, 4) is 0 Å². The summed E-state index contributed by atoms with van der Waals surface area (Å²) in [5.41, 5.74) is 0.996. The molecular weight excluding hydrogens is 242 g/mol. The van der Waals surface area contributed by atoms with E-state index in [0.717, 1.165) is 11.3 Å². The number of ether oxygens (including phenoxy) is 1. The SMILES string of the molecule is CSSCCNC(=O)OCc1ccccc1. The van der Waals surface area contributed by atoms with E-state index in [9.17, 15) is 4.79 Å². The van der Waals surface area contributed by atoms with E-state index < -0.39 is 0 Å². The zero-order valence-corrected chi connectivity index (χ0v) is 10.8. The van der Waals surface area contributed by atoms with Gasteiger partial charge in [-0.25, -0.2) is 4.79 Å². The molecule has 0 bridgehead atoms. The molecule has 0 heterocycles. The van der Waals surface area contributed by atoms with Gasteiger partial charge >= 0.3 is 6.09 Å². The quantitative estimate of drug-likeness (QED) is 0.628. The Bertz CT molecular complexity index is 306. The number of rotatable bonds is 6. The van der Waals surface area contributed by atoms with E-state index in [4.69, 9.17) is 4.74 Å². The first-order valence-corrected chi connectivity index (χ1v) is 7.66. The van der Waals surface area contributed by atoms with Gasteiger partial charge in [0.1, 0.15) is 6.61 Å². The number of benzene rings is 1. The zero-order chi connectivity index (χ0) is 11.6. The normalized spacial score (nSPS) is 9.81. The largest absolute Gasteiger partial charge is 0.445 e. The Labute approximate surface area is 104 Å². The molecule has 1 amide bonds. The number of hydrogen-bond acceptors (Lipinski definition) is 4. The summed E-state index contributed by atoms with van der Waals surface area (Å²) in [7, 11) is 3.40. The molecule has 0 saturated heterocycles. The van der Waals surface area contributed by atoms with Gasteiger partial charge in [-0.05, 0) is 11.8 Å². The zero-order valence-electron chi connectivity index (χ0n) is 9.14. The summed E-state index contributed by atoms with van der Waals surface area (Å²) in [5, 5.41) is 2.69. The van der Waals surface area contributed by atoms with Crippen molar-refractivity contribution < 1.29 is 9.53 Å². The van der Waals surface area contributed by atoms with Gasteiger partial charge in [0, 0.05) is 12.3 Å². The van der Waals surface area contributed by atoms with Crippen LogP contribution in [0, 0.1) is 0 Å². The molecule has 0 aromatic heterocycles. The summed E-state index contributed by atoms with van der Waals surface area (Å²) in [6, 6.07) is 9.63. The predicted molar refractivity (Wildman–Crippen MR) is 70.6 cm³/mol. The molecule has 1 rings (SSSR count). The van der Waals surface area contributed by atoms with Crippen molar-refractivity contribution in [3.05, 3.63) is 35.9 Å². The first-order valence-electron chi connectivity index (χ1n) is 4.93. The van der Waals surface area contributed by atoms with Crippen molar-refractivity contribution in [3.63, 3.8) is 0 Å². The van der Waals surface area contributed by atoms with Gasteiger partial charge in [-0.15, -0.1) is 0 Å². The van der Waals surface area contributed by atoms with Gasteiger partial charge in [0.05, 0.1) is 0 Å². The number of alkyl carbamates (subject to hydrolysis) is 1. The van der Waals surface area contributed by atoms with E-state index in [0.29, 0.717) is 13.2 Å². The van der Waals surface area contributed by atoms with Crippen molar-refractivity contribution >= 4 is 27.7 Å². The number of amides is 1. The summed E-state index contributed by atoms with van der Waals surface area (Å²) in [4.78, 5) is 11.2. The highest BCUT2D eigenvalue weighted by Crippen LogP contribution is 2.14. The van der Waals surface area contributed by atoms with Gasteiger partial charge in [-0.1, -0.05) is 51.9 Å². The third-order valence-corrected chi connectivity index (χ3v) is 3.60. The van der Waals surface area contributed by atoms with Gasteiger partial charge in [-0.2, -0.15) is 0 Å².